The molecule has 24 heavy (non-hydrogen) atoms. The van der Waals surface area contributed by atoms with E-state index < -0.39 is 10.9 Å². The first-order valence-electron chi connectivity index (χ1n) is 6.86. The molecule has 0 saturated carbocycles. The molecule has 3 aromatic rings. The highest BCUT2D eigenvalue weighted by molar-refractivity contribution is 5.89. The number of carbonyl (C=O) groups is 1. The minimum absolute atomic E-state index is 0.0131. The molecule has 120 valence electrons. The van der Waals surface area contributed by atoms with Crippen LogP contribution in [0.15, 0.2) is 53.1 Å². The van der Waals surface area contributed by atoms with Crippen LogP contribution in [0.2, 0.25) is 0 Å². The molecule has 0 aliphatic rings. The molecular formula is C16H11N3O5. The van der Waals surface area contributed by atoms with E-state index in [1.54, 1.807) is 36.4 Å². The molecular weight excluding hydrogens is 314 g/mol. The first-order valence-corrected chi connectivity index (χ1v) is 6.86. The van der Waals surface area contributed by atoms with Gasteiger partial charge in [-0.3, -0.25) is 10.1 Å². The minimum atomic E-state index is -0.478. The van der Waals surface area contributed by atoms with Crippen LogP contribution in [0.3, 0.4) is 0 Å². The van der Waals surface area contributed by atoms with Crippen LogP contribution < -0.4 is 0 Å². The molecule has 0 atom stereocenters. The summed E-state index contributed by atoms with van der Waals surface area (Å²) in [7, 11) is 1.31. The number of aromatic nitrogens is 2. The monoisotopic (exact) mass is 325 g/mol. The van der Waals surface area contributed by atoms with E-state index >= 15 is 0 Å². The molecule has 0 N–H and O–H groups in total. The molecule has 0 fully saturated rings. The SMILES string of the molecule is COC(=O)c1ccc(-c2nc(-c3ccc([N+](=O)[O-])cc3)no2)cc1. The normalized spacial score (nSPS) is 10.4. The second kappa shape index (κ2) is 6.29. The standard InChI is InChI=1S/C16H11N3O5/c1-23-16(20)12-4-2-11(3-5-12)15-17-14(18-24-15)10-6-8-13(9-7-10)19(21)22/h2-9H,1H3. The lowest BCUT2D eigenvalue weighted by atomic mass is 10.1. The Labute approximate surface area is 135 Å². The number of ether oxygens (including phenoxy) is 1. The molecule has 0 unspecified atom stereocenters. The molecule has 0 amide bonds. The van der Waals surface area contributed by atoms with Crippen LogP contribution in [0, 0.1) is 10.1 Å². The minimum Gasteiger partial charge on any atom is -0.465 e. The Morgan fingerprint density at radius 2 is 1.71 bits per heavy atom. The topological polar surface area (TPSA) is 108 Å². The number of hydrogen-bond donors (Lipinski definition) is 0. The number of nitro benzene ring substituents is 1. The number of non-ortho nitro benzene ring substituents is 1. The van der Waals surface area contributed by atoms with Crippen molar-refractivity contribution in [3.05, 3.63) is 64.2 Å². The molecule has 8 heteroatoms. The molecule has 0 spiro atoms. The predicted octanol–water partition coefficient (Wildman–Crippen LogP) is 3.10. The molecule has 3 rings (SSSR count). The van der Waals surface area contributed by atoms with Crippen molar-refractivity contribution in [3.63, 3.8) is 0 Å². The van der Waals surface area contributed by atoms with Gasteiger partial charge in [-0.2, -0.15) is 4.98 Å². The average Bonchev–Trinajstić information content (AvgIpc) is 3.11. The van der Waals surface area contributed by atoms with Crippen molar-refractivity contribution < 1.29 is 19.0 Å². The molecule has 1 aromatic heterocycles. The summed E-state index contributed by atoms with van der Waals surface area (Å²) in [5, 5.41) is 14.5. The second-order valence-corrected chi connectivity index (χ2v) is 4.80. The van der Waals surface area contributed by atoms with Gasteiger partial charge in [-0.05, 0) is 36.4 Å². The highest BCUT2D eigenvalue weighted by atomic mass is 16.6. The van der Waals surface area contributed by atoms with E-state index in [-0.39, 0.29) is 11.6 Å². The van der Waals surface area contributed by atoms with E-state index in [0.29, 0.717) is 22.5 Å². The molecule has 1 heterocycles. The number of benzene rings is 2. The number of methoxy groups -OCH3 is 1. The van der Waals surface area contributed by atoms with Crippen LogP contribution in [0.25, 0.3) is 22.8 Å². The van der Waals surface area contributed by atoms with Crippen LogP contribution in [0.5, 0.6) is 0 Å². The molecule has 0 saturated heterocycles. The van der Waals surface area contributed by atoms with Crippen molar-refractivity contribution in [3.8, 4) is 22.8 Å². The number of esters is 1. The zero-order valence-corrected chi connectivity index (χ0v) is 12.5. The lowest BCUT2D eigenvalue weighted by Gasteiger charge is -1.99. The number of hydrogen-bond acceptors (Lipinski definition) is 7. The molecule has 0 aliphatic carbocycles. The Kier molecular flexibility index (Phi) is 4.02. The zero-order valence-electron chi connectivity index (χ0n) is 12.5. The van der Waals surface area contributed by atoms with E-state index in [0.717, 1.165) is 0 Å². The second-order valence-electron chi connectivity index (χ2n) is 4.80. The van der Waals surface area contributed by atoms with Crippen LogP contribution in [-0.2, 0) is 4.74 Å². The average molecular weight is 325 g/mol. The van der Waals surface area contributed by atoms with E-state index in [1.807, 2.05) is 0 Å². The largest absolute Gasteiger partial charge is 0.465 e. The number of carbonyl (C=O) groups excluding carboxylic acids is 1. The summed E-state index contributed by atoms with van der Waals surface area (Å²) in [5.74, 6) is 0.162. The Bertz CT molecular complexity index is 885. The van der Waals surface area contributed by atoms with Crippen molar-refractivity contribution in [2.45, 2.75) is 0 Å². The van der Waals surface area contributed by atoms with Crippen LogP contribution >= 0.6 is 0 Å². The van der Waals surface area contributed by atoms with Crippen molar-refractivity contribution in [2.75, 3.05) is 7.11 Å². The summed E-state index contributed by atoms with van der Waals surface area (Å²) in [5.41, 5.74) is 1.64. The Morgan fingerprint density at radius 3 is 2.29 bits per heavy atom. The Morgan fingerprint density at radius 1 is 1.08 bits per heavy atom. The van der Waals surface area contributed by atoms with Gasteiger partial charge in [0.2, 0.25) is 5.82 Å². The first kappa shape index (κ1) is 15.3. The fraction of sp³-hybridized carbons (Fsp3) is 0.0625. The van der Waals surface area contributed by atoms with Gasteiger partial charge in [-0.1, -0.05) is 5.16 Å². The van der Waals surface area contributed by atoms with Gasteiger partial charge in [0.1, 0.15) is 0 Å². The first-order chi connectivity index (χ1) is 11.6. The molecule has 0 radical (unpaired) electrons. The predicted molar refractivity (Wildman–Crippen MR) is 83.2 cm³/mol. The maximum Gasteiger partial charge on any atom is 0.337 e. The maximum absolute atomic E-state index is 11.4. The summed E-state index contributed by atoms with van der Waals surface area (Å²) >= 11 is 0. The van der Waals surface area contributed by atoms with Gasteiger partial charge in [-0.15, -0.1) is 0 Å². The number of nitrogens with zero attached hydrogens (tertiary/aromatic N) is 3. The zero-order chi connectivity index (χ0) is 17.1. The smallest absolute Gasteiger partial charge is 0.337 e. The lowest BCUT2D eigenvalue weighted by molar-refractivity contribution is -0.384. The third kappa shape index (κ3) is 2.98. The van der Waals surface area contributed by atoms with E-state index in [4.69, 9.17) is 4.52 Å². The molecule has 8 nitrogen and oxygen atoms in total. The maximum atomic E-state index is 11.4. The summed E-state index contributed by atoms with van der Waals surface area (Å²) < 4.78 is 9.83. The number of nitro groups is 1. The van der Waals surface area contributed by atoms with Crippen molar-refractivity contribution in [1.82, 2.24) is 10.1 Å². The van der Waals surface area contributed by atoms with Gasteiger partial charge < -0.3 is 9.26 Å². The quantitative estimate of drug-likeness (QED) is 0.412. The van der Waals surface area contributed by atoms with Crippen molar-refractivity contribution in [2.24, 2.45) is 0 Å². The van der Waals surface area contributed by atoms with Crippen LogP contribution in [-0.4, -0.2) is 28.1 Å². The van der Waals surface area contributed by atoms with E-state index in [2.05, 4.69) is 14.9 Å². The summed E-state index contributed by atoms with van der Waals surface area (Å²) in [6.07, 6.45) is 0. The highest BCUT2D eigenvalue weighted by Crippen LogP contribution is 2.24. The van der Waals surface area contributed by atoms with Gasteiger partial charge in [-0.25, -0.2) is 4.79 Å². The van der Waals surface area contributed by atoms with Gasteiger partial charge in [0.05, 0.1) is 17.6 Å². The fourth-order valence-electron chi connectivity index (χ4n) is 2.06. The van der Waals surface area contributed by atoms with Gasteiger partial charge in [0, 0.05) is 23.3 Å². The Balaban J connectivity index is 1.85. The van der Waals surface area contributed by atoms with Gasteiger partial charge >= 0.3 is 5.97 Å². The van der Waals surface area contributed by atoms with Gasteiger partial charge in [0.15, 0.2) is 0 Å². The highest BCUT2D eigenvalue weighted by Gasteiger charge is 2.13. The fourth-order valence-corrected chi connectivity index (χ4v) is 2.06. The summed E-state index contributed by atoms with van der Waals surface area (Å²) in [4.78, 5) is 25.8. The molecule has 0 aliphatic heterocycles. The molecule has 0 bridgehead atoms. The molecule has 2 aromatic carbocycles. The lowest BCUT2D eigenvalue weighted by Crippen LogP contribution is -2.00. The summed E-state index contributed by atoms with van der Waals surface area (Å²) in [6.45, 7) is 0. The van der Waals surface area contributed by atoms with Crippen LogP contribution in [0.1, 0.15) is 10.4 Å². The van der Waals surface area contributed by atoms with E-state index in [9.17, 15) is 14.9 Å². The van der Waals surface area contributed by atoms with Crippen LogP contribution in [0.4, 0.5) is 5.69 Å². The van der Waals surface area contributed by atoms with Gasteiger partial charge in [0.25, 0.3) is 11.6 Å². The summed E-state index contributed by atoms with van der Waals surface area (Å²) in [6, 6.07) is 12.4. The van der Waals surface area contributed by atoms with E-state index in [1.165, 1.54) is 19.2 Å². The third-order valence-electron chi connectivity index (χ3n) is 3.32. The number of rotatable bonds is 4. The third-order valence-corrected chi connectivity index (χ3v) is 3.32. The van der Waals surface area contributed by atoms with Crippen molar-refractivity contribution >= 4 is 11.7 Å². The van der Waals surface area contributed by atoms with Crippen molar-refractivity contribution in [1.29, 1.82) is 0 Å². The Hall–Kier alpha value is -3.55.